The molecule has 0 atom stereocenters. The van der Waals surface area contributed by atoms with Gasteiger partial charge in [-0.15, -0.1) is 0 Å². The van der Waals surface area contributed by atoms with Crippen LogP contribution in [-0.4, -0.2) is 15.0 Å². The third kappa shape index (κ3) is 6.42. The standard InChI is InChI=1S/C53H35N3/c1-4-15-36(16-5-1)40-22-12-24-42(31-40)50-35-51(43-25-13-23-41(32-43)37-17-6-2-7-18-37)56-53(55-50)45-27-14-26-44(33-45)49-34-47(38-19-8-3-9-20-38)52-46-28-11-10-21-39(46)29-30-48(52)54-49/h1-35H. The van der Waals surface area contributed by atoms with Crippen LogP contribution in [0.3, 0.4) is 0 Å². The van der Waals surface area contributed by atoms with Gasteiger partial charge in [-0.1, -0.05) is 176 Å². The van der Waals surface area contributed by atoms with E-state index in [4.69, 9.17) is 15.0 Å². The molecule has 0 fully saturated rings. The lowest BCUT2D eigenvalue weighted by Crippen LogP contribution is -1.97. The molecule has 56 heavy (non-hydrogen) atoms. The molecule has 0 aliphatic carbocycles. The highest BCUT2D eigenvalue weighted by Gasteiger charge is 2.16. The fourth-order valence-corrected chi connectivity index (χ4v) is 7.67. The summed E-state index contributed by atoms with van der Waals surface area (Å²) >= 11 is 0. The Kier molecular flexibility index (Phi) is 8.51. The molecule has 262 valence electrons. The van der Waals surface area contributed by atoms with Gasteiger partial charge < -0.3 is 0 Å². The second kappa shape index (κ2) is 14.4. The molecule has 0 aliphatic rings. The summed E-state index contributed by atoms with van der Waals surface area (Å²) in [6.45, 7) is 0. The largest absolute Gasteiger partial charge is 0.248 e. The zero-order valence-corrected chi connectivity index (χ0v) is 30.5. The first-order chi connectivity index (χ1) is 27.7. The number of benzene rings is 8. The number of pyridine rings is 1. The Balaban J connectivity index is 1.13. The summed E-state index contributed by atoms with van der Waals surface area (Å²) in [4.78, 5) is 15.8. The van der Waals surface area contributed by atoms with Crippen molar-refractivity contribution in [1.82, 2.24) is 15.0 Å². The molecule has 3 nitrogen and oxygen atoms in total. The maximum Gasteiger partial charge on any atom is 0.160 e. The van der Waals surface area contributed by atoms with Crippen LogP contribution in [0, 0.1) is 0 Å². The predicted octanol–water partition coefficient (Wildman–Crippen LogP) is 13.8. The molecule has 8 aromatic carbocycles. The molecular formula is C53H35N3. The lowest BCUT2D eigenvalue weighted by atomic mass is 9.94. The van der Waals surface area contributed by atoms with Gasteiger partial charge in [0.05, 0.1) is 22.6 Å². The average molecular weight is 714 g/mol. The van der Waals surface area contributed by atoms with Gasteiger partial charge >= 0.3 is 0 Å². The van der Waals surface area contributed by atoms with Crippen LogP contribution in [0.4, 0.5) is 0 Å². The van der Waals surface area contributed by atoms with Crippen molar-refractivity contribution in [3.63, 3.8) is 0 Å². The SMILES string of the molecule is c1ccc(-c2cccc(-c3cc(-c4cccc(-c5ccccc5)c4)nc(-c4cccc(-c5cc(-c6ccccc6)c6c(ccc7ccccc76)n5)c4)n3)c2)cc1. The van der Waals surface area contributed by atoms with Gasteiger partial charge in [0.1, 0.15) is 0 Å². The second-order valence-electron chi connectivity index (χ2n) is 14.0. The number of fused-ring (bicyclic) bond motifs is 3. The van der Waals surface area contributed by atoms with Crippen molar-refractivity contribution in [2.75, 3.05) is 0 Å². The topological polar surface area (TPSA) is 38.7 Å². The van der Waals surface area contributed by atoms with Gasteiger partial charge in [0, 0.05) is 27.6 Å². The Morgan fingerprint density at radius 1 is 0.268 bits per heavy atom. The van der Waals surface area contributed by atoms with E-state index in [1.54, 1.807) is 0 Å². The van der Waals surface area contributed by atoms with Crippen LogP contribution in [0.15, 0.2) is 212 Å². The number of hydrogen-bond donors (Lipinski definition) is 0. The van der Waals surface area contributed by atoms with Crippen molar-refractivity contribution in [1.29, 1.82) is 0 Å². The Morgan fingerprint density at radius 2 is 0.714 bits per heavy atom. The molecule has 0 aliphatic heterocycles. The Hall–Kier alpha value is -7.49. The van der Waals surface area contributed by atoms with Crippen molar-refractivity contribution >= 4 is 21.7 Å². The van der Waals surface area contributed by atoms with E-state index in [1.165, 1.54) is 10.8 Å². The number of aromatic nitrogens is 3. The summed E-state index contributed by atoms with van der Waals surface area (Å²) in [6.07, 6.45) is 0. The zero-order chi connectivity index (χ0) is 37.3. The van der Waals surface area contributed by atoms with Gasteiger partial charge in [0.2, 0.25) is 0 Å². The molecule has 10 rings (SSSR count). The minimum atomic E-state index is 0.657. The van der Waals surface area contributed by atoms with E-state index in [2.05, 4.69) is 200 Å². The lowest BCUT2D eigenvalue weighted by Gasteiger charge is -2.14. The number of hydrogen-bond acceptors (Lipinski definition) is 3. The molecule has 2 heterocycles. The van der Waals surface area contributed by atoms with Gasteiger partial charge in [0.25, 0.3) is 0 Å². The summed E-state index contributed by atoms with van der Waals surface area (Å²) in [5.74, 6) is 0.657. The maximum absolute atomic E-state index is 5.28. The third-order valence-electron chi connectivity index (χ3n) is 10.5. The van der Waals surface area contributed by atoms with Gasteiger partial charge in [-0.2, -0.15) is 0 Å². The minimum absolute atomic E-state index is 0.657. The highest BCUT2D eigenvalue weighted by molar-refractivity contribution is 6.13. The van der Waals surface area contributed by atoms with Crippen LogP contribution < -0.4 is 0 Å². The van der Waals surface area contributed by atoms with E-state index >= 15 is 0 Å². The van der Waals surface area contributed by atoms with E-state index in [1.807, 2.05) is 12.1 Å². The molecule has 0 bridgehead atoms. The summed E-state index contributed by atoms with van der Waals surface area (Å²) in [5.41, 5.74) is 14.5. The summed E-state index contributed by atoms with van der Waals surface area (Å²) < 4.78 is 0. The highest BCUT2D eigenvalue weighted by Crippen LogP contribution is 2.38. The molecule has 2 aromatic heterocycles. The fourth-order valence-electron chi connectivity index (χ4n) is 7.67. The van der Waals surface area contributed by atoms with Gasteiger partial charge in [-0.05, 0) is 80.6 Å². The van der Waals surface area contributed by atoms with Crippen molar-refractivity contribution in [2.45, 2.75) is 0 Å². The molecule has 0 spiro atoms. The lowest BCUT2D eigenvalue weighted by molar-refractivity contribution is 1.18. The Labute approximate surface area is 326 Å². The summed E-state index contributed by atoms with van der Waals surface area (Å²) in [7, 11) is 0. The summed E-state index contributed by atoms with van der Waals surface area (Å²) in [5, 5.41) is 3.55. The minimum Gasteiger partial charge on any atom is -0.248 e. The van der Waals surface area contributed by atoms with Crippen LogP contribution >= 0.6 is 0 Å². The first-order valence-corrected chi connectivity index (χ1v) is 18.9. The molecule has 0 radical (unpaired) electrons. The predicted molar refractivity (Wildman–Crippen MR) is 233 cm³/mol. The van der Waals surface area contributed by atoms with Crippen LogP contribution in [0.2, 0.25) is 0 Å². The molecule has 0 amide bonds. The number of rotatable bonds is 7. The smallest absolute Gasteiger partial charge is 0.160 e. The molecule has 0 saturated heterocycles. The first kappa shape index (κ1) is 33.1. The van der Waals surface area contributed by atoms with E-state index in [-0.39, 0.29) is 0 Å². The van der Waals surface area contributed by atoms with Crippen LogP contribution in [0.5, 0.6) is 0 Å². The average Bonchev–Trinajstić information content (AvgIpc) is 3.29. The van der Waals surface area contributed by atoms with Crippen molar-refractivity contribution in [2.24, 2.45) is 0 Å². The highest BCUT2D eigenvalue weighted by atomic mass is 14.9. The van der Waals surface area contributed by atoms with Gasteiger partial charge in [-0.3, -0.25) is 0 Å². The van der Waals surface area contributed by atoms with Gasteiger partial charge in [0.15, 0.2) is 5.82 Å². The van der Waals surface area contributed by atoms with Crippen LogP contribution in [-0.2, 0) is 0 Å². The van der Waals surface area contributed by atoms with Crippen LogP contribution in [0.25, 0.3) is 100 Å². The first-order valence-electron chi connectivity index (χ1n) is 18.9. The Morgan fingerprint density at radius 3 is 1.30 bits per heavy atom. The third-order valence-corrected chi connectivity index (χ3v) is 10.5. The van der Waals surface area contributed by atoms with E-state index < -0.39 is 0 Å². The fraction of sp³-hybridized carbons (Fsp3) is 0. The van der Waals surface area contributed by atoms with Crippen LogP contribution in [0.1, 0.15) is 0 Å². The molecular weight excluding hydrogens is 679 g/mol. The zero-order valence-electron chi connectivity index (χ0n) is 30.5. The monoisotopic (exact) mass is 713 g/mol. The molecule has 10 aromatic rings. The molecule has 0 N–H and O–H groups in total. The summed E-state index contributed by atoms with van der Waals surface area (Å²) in [6, 6.07) is 74.5. The van der Waals surface area contributed by atoms with Crippen molar-refractivity contribution in [3.05, 3.63) is 212 Å². The van der Waals surface area contributed by atoms with E-state index in [0.717, 1.165) is 83.6 Å². The van der Waals surface area contributed by atoms with E-state index in [0.29, 0.717) is 5.82 Å². The molecule has 0 unspecified atom stereocenters. The number of nitrogens with zero attached hydrogens (tertiary/aromatic N) is 3. The van der Waals surface area contributed by atoms with Crippen molar-refractivity contribution in [3.8, 4) is 78.5 Å². The van der Waals surface area contributed by atoms with Crippen molar-refractivity contribution < 1.29 is 0 Å². The normalized spacial score (nSPS) is 11.2. The van der Waals surface area contributed by atoms with Gasteiger partial charge in [-0.25, -0.2) is 15.0 Å². The molecule has 3 heteroatoms. The quantitative estimate of drug-likeness (QED) is 0.154. The Bertz CT molecular complexity index is 2910. The maximum atomic E-state index is 5.28. The second-order valence-corrected chi connectivity index (χ2v) is 14.0. The molecule has 0 saturated carbocycles. The van der Waals surface area contributed by atoms with E-state index in [9.17, 15) is 0 Å².